The van der Waals surface area contributed by atoms with Crippen LogP contribution in [0.3, 0.4) is 0 Å². The van der Waals surface area contributed by atoms with Gasteiger partial charge in [-0.05, 0) is 50.6 Å². The van der Waals surface area contributed by atoms with Crippen LogP contribution < -0.4 is 20.1 Å². The van der Waals surface area contributed by atoms with Gasteiger partial charge in [0.15, 0.2) is 11.5 Å². The Hall–Kier alpha value is -2.60. The third-order valence-corrected chi connectivity index (χ3v) is 4.34. The number of carbonyl (C=O) groups excluding carboxylic acids is 1. The van der Waals surface area contributed by atoms with Crippen LogP contribution in [0.4, 0.5) is 0 Å². The van der Waals surface area contributed by atoms with E-state index in [1.807, 2.05) is 37.3 Å². The molecule has 2 N–H and O–H groups in total. The second-order valence-electron chi connectivity index (χ2n) is 6.23. The number of pyridine rings is 1. The lowest BCUT2D eigenvalue weighted by atomic mass is 9.97. The molecule has 1 amide bonds. The van der Waals surface area contributed by atoms with Gasteiger partial charge in [-0.2, -0.15) is 0 Å². The fourth-order valence-corrected chi connectivity index (χ4v) is 2.92. The van der Waals surface area contributed by atoms with E-state index in [-0.39, 0.29) is 11.8 Å². The van der Waals surface area contributed by atoms with Crippen molar-refractivity contribution in [3.8, 4) is 17.4 Å². The lowest BCUT2D eigenvalue weighted by Gasteiger charge is -2.21. The number of piperidine rings is 1. The number of amides is 1. The van der Waals surface area contributed by atoms with Crippen LogP contribution in [0.2, 0.25) is 0 Å². The van der Waals surface area contributed by atoms with E-state index in [0.717, 1.165) is 31.5 Å². The van der Waals surface area contributed by atoms with Gasteiger partial charge in [0.05, 0.1) is 6.61 Å². The van der Waals surface area contributed by atoms with E-state index in [1.165, 1.54) is 0 Å². The molecule has 138 valence electrons. The predicted molar refractivity (Wildman–Crippen MR) is 99.4 cm³/mol. The summed E-state index contributed by atoms with van der Waals surface area (Å²) in [5.74, 6) is 2.05. The Morgan fingerprint density at radius 1 is 1.19 bits per heavy atom. The van der Waals surface area contributed by atoms with E-state index in [1.54, 1.807) is 12.3 Å². The highest BCUT2D eigenvalue weighted by molar-refractivity contribution is 5.78. The standard InChI is InChI=1S/C20H25N3O3/c1-2-25-17-5-3-4-6-18(17)26-19-8-7-15(13-22-19)14-23-20(24)16-9-11-21-12-10-16/h3-8,13,16,21H,2,9-12,14H2,1H3,(H,23,24). The Labute approximate surface area is 153 Å². The fourth-order valence-electron chi connectivity index (χ4n) is 2.92. The zero-order chi connectivity index (χ0) is 18.2. The first-order chi connectivity index (χ1) is 12.8. The number of benzene rings is 1. The SMILES string of the molecule is CCOc1ccccc1Oc1ccc(CNC(=O)C2CCNCC2)cn1. The van der Waals surface area contributed by atoms with Gasteiger partial charge in [0, 0.05) is 24.7 Å². The van der Waals surface area contributed by atoms with E-state index in [2.05, 4.69) is 15.6 Å². The van der Waals surface area contributed by atoms with E-state index >= 15 is 0 Å². The predicted octanol–water partition coefficient (Wildman–Crippen LogP) is 2.89. The van der Waals surface area contributed by atoms with Gasteiger partial charge < -0.3 is 20.1 Å². The van der Waals surface area contributed by atoms with Gasteiger partial charge in [-0.1, -0.05) is 18.2 Å². The molecule has 2 aromatic rings. The summed E-state index contributed by atoms with van der Waals surface area (Å²) in [4.78, 5) is 16.5. The van der Waals surface area contributed by atoms with Gasteiger partial charge in [0.2, 0.25) is 11.8 Å². The number of carbonyl (C=O) groups is 1. The van der Waals surface area contributed by atoms with E-state index in [4.69, 9.17) is 9.47 Å². The molecule has 0 bridgehead atoms. The first kappa shape index (κ1) is 18.2. The molecule has 0 aliphatic carbocycles. The molecule has 1 aromatic carbocycles. The molecular formula is C20H25N3O3. The molecule has 0 atom stereocenters. The van der Waals surface area contributed by atoms with Gasteiger partial charge in [0.1, 0.15) is 0 Å². The molecule has 1 aliphatic rings. The van der Waals surface area contributed by atoms with Crippen molar-refractivity contribution < 1.29 is 14.3 Å². The molecule has 1 saturated heterocycles. The zero-order valence-corrected chi connectivity index (χ0v) is 15.0. The van der Waals surface area contributed by atoms with Gasteiger partial charge in [-0.15, -0.1) is 0 Å². The molecule has 3 rings (SSSR count). The van der Waals surface area contributed by atoms with Crippen LogP contribution in [0, 0.1) is 5.92 Å². The maximum Gasteiger partial charge on any atom is 0.223 e. The third kappa shape index (κ3) is 4.95. The lowest BCUT2D eigenvalue weighted by molar-refractivity contribution is -0.125. The molecule has 6 heteroatoms. The van der Waals surface area contributed by atoms with Gasteiger partial charge in [-0.25, -0.2) is 4.98 Å². The van der Waals surface area contributed by atoms with Crippen LogP contribution >= 0.6 is 0 Å². The van der Waals surface area contributed by atoms with Crippen molar-refractivity contribution in [2.45, 2.75) is 26.3 Å². The van der Waals surface area contributed by atoms with E-state index in [9.17, 15) is 4.79 Å². The molecule has 0 spiro atoms. The minimum atomic E-state index is 0.113. The molecule has 26 heavy (non-hydrogen) atoms. The molecule has 0 unspecified atom stereocenters. The smallest absolute Gasteiger partial charge is 0.223 e. The van der Waals surface area contributed by atoms with Crippen molar-refractivity contribution >= 4 is 5.91 Å². The van der Waals surface area contributed by atoms with Crippen LogP contribution in [0.25, 0.3) is 0 Å². The monoisotopic (exact) mass is 355 g/mol. The van der Waals surface area contributed by atoms with Crippen LogP contribution in [-0.2, 0) is 11.3 Å². The van der Waals surface area contributed by atoms with Gasteiger partial charge in [0.25, 0.3) is 0 Å². The lowest BCUT2D eigenvalue weighted by Crippen LogP contribution is -2.37. The summed E-state index contributed by atoms with van der Waals surface area (Å²) in [5.41, 5.74) is 0.942. The molecule has 0 radical (unpaired) electrons. The van der Waals surface area contributed by atoms with Crippen molar-refractivity contribution in [2.75, 3.05) is 19.7 Å². The average molecular weight is 355 g/mol. The minimum absolute atomic E-state index is 0.113. The van der Waals surface area contributed by atoms with Crippen molar-refractivity contribution in [1.82, 2.24) is 15.6 Å². The summed E-state index contributed by atoms with van der Waals surface area (Å²) >= 11 is 0. The van der Waals surface area contributed by atoms with Crippen molar-refractivity contribution in [3.05, 3.63) is 48.2 Å². The normalized spacial score (nSPS) is 14.7. The number of nitrogens with zero attached hydrogens (tertiary/aromatic N) is 1. The largest absolute Gasteiger partial charge is 0.490 e. The molecule has 1 aliphatic heterocycles. The zero-order valence-electron chi connectivity index (χ0n) is 15.0. The number of para-hydroxylation sites is 2. The topological polar surface area (TPSA) is 72.5 Å². The Kier molecular flexibility index (Phi) is 6.44. The maximum atomic E-state index is 12.2. The van der Waals surface area contributed by atoms with Crippen molar-refractivity contribution in [3.63, 3.8) is 0 Å². The summed E-state index contributed by atoms with van der Waals surface area (Å²) in [6.07, 6.45) is 3.52. The summed E-state index contributed by atoms with van der Waals surface area (Å²) in [6, 6.07) is 11.2. The number of nitrogens with one attached hydrogen (secondary N) is 2. The maximum absolute atomic E-state index is 12.2. The van der Waals surface area contributed by atoms with Crippen LogP contribution in [-0.4, -0.2) is 30.6 Å². The number of ether oxygens (including phenoxy) is 2. The quantitative estimate of drug-likeness (QED) is 0.799. The molecule has 6 nitrogen and oxygen atoms in total. The molecule has 2 heterocycles. The van der Waals surface area contributed by atoms with Crippen LogP contribution in [0.5, 0.6) is 17.4 Å². The second-order valence-corrected chi connectivity index (χ2v) is 6.23. The van der Waals surface area contributed by atoms with E-state index < -0.39 is 0 Å². The van der Waals surface area contributed by atoms with Crippen LogP contribution in [0.15, 0.2) is 42.6 Å². The molecule has 0 saturated carbocycles. The highest BCUT2D eigenvalue weighted by atomic mass is 16.5. The third-order valence-electron chi connectivity index (χ3n) is 4.34. The number of aromatic nitrogens is 1. The molecule has 1 fully saturated rings. The number of hydrogen-bond acceptors (Lipinski definition) is 5. The molecule has 1 aromatic heterocycles. The Morgan fingerprint density at radius 3 is 2.65 bits per heavy atom. The summed E-state index contributed by atoms with van der Waals surface area (Å²) < 4.78 is 11.4. The fraction of sp³-hybridized carbons (Fsp3) is 0.400. The summed E-state index contributed by atoms with van der Waals surface area (Å²) in [5, 5.41) is 6.26. The van der Waals surface area contributed by atoms with Gasteiger partial charge in [-0.3, -0.25) is 4.79 Å². The second kappa shape index (κ2) is 9.20. The average Bonchev–Trinajstić information content (AvgIpc) is 2.69. The number of rotatable bonds is 7. The highest BCUT2D eigenvalue weighted by Crippen LogP contribution is 2.30. The van der Waals surface area contributed by atoms with E-state index in [0.29, 0.717) is 30.5 Å². The Balaban J connectivity index is 1.54. The highest BCUT2D eigenvalue weighted by Gasteiger charge is 2.20. The molecular weight excluding hydrogens is 330 g/mol. The van der Waals surface area contributed by atoms with Gasteiger partial charge >= 0.3 is 0 Å². The minimum Gasteiger partial charge on any atom is -0.490 e. The van der Waals surface area contributed by atoms with Crippen LogP contribution in [0.1, 0.15) is 25.3 Å². The van der Waals surface area contributed by atoms with Crippen molar-refractivity contribution in [1.29, 1.82) is 0 Å². The summed E-state index contributed by atoms with van der Waals surface area (Å²) in [7, 11) is 0. The number of hydrogen-bond donors (Lipinski definition) is 2. The Bertz CT molecular complexity index is 712. The first-order valence-corrected chi connectivity index (χ1v) is 9.09. The first-order valence-electron chi connectivity index (χ1n) is 9.09. The Morgan fingerprint density at radius 2 is 1.96 bits per heavy atom. The summed E-state index contributed by atoms with van der Waals surface area (Å²) in [6.45, 7) is 4.81. The van der Waals surface area contributed by atoms with Crippen molar-refractivity contribution in [2.24, 2.45) is 5.92 Å².